The van der Waals surface area contributed by atoms with Crippen LogP contribution in [0, 0.1) is 0 Å². The third-order valence-electron chi connectivity index (χ3n) is 2.83. The summed E-state index contributed by atoms with van der Waals surface area (Å²) in [7, 11) is 0. The monoisotopic (exact) mass is 292 g/mol. The molecular formula is C15H12N6O. The fourth-order valence-electron chi connectivity index (χ4n) is 1.86. The van der Waals surface area contributed by atoms with E-state index in [0.29, 0.717) is 11.4 Å². The molecule has 0 radical (unpaired) electrons. The Morgan fingerprint density at radius 2 is 1.59 bits per heavy atom. The van der Waals surface area contributed by atoms with Gasteiger partial charge >= 0.3 is 6.03 Å². The second-order valence-corrected chi connectivity index (χ2v) is 4.28. The molecule has 0 atom stereocenters. The molecule has 0 fully saturated rings. The van der Waals surface area contributed by atoms with Gasteiger partial charge in [-0.3, -0.25) is 4.98 Å². The van der Waals surface area contributed by atoms with E-state index in [1.807, 2.05) is 18.2 Å². The van der Waals surface area contributed by atoms with Crippen LogP contribution in [-0.4, -0.2) is 26.0 Å². The lowest BCUT2D eigenvalue weighted by Gasteiger charge is -2.20. The zero-order valence-electron chi connectivity index (χ0n) is 11.5. The third kappa shape index (κ3) is 3.04. The summed E-state index contributed by atoms with van der Waals surface area (Å²) in [5, 5.41) is 2.79. The van der Waals surface area contributed by atoms with Gasteiger partial charge in [-0.15, -0.1) is 0 Å². The summed E-state index contributed by atoms with van der Waals surface area (Å²) in [6.45, 7) is 0. The molecule has 0 aliphatic carbocycles. The molecule has 0 spiro atoms. The number of nitrogens with one attached hydrogen (secondary N) is 1. The van der Waals surface area contributed by atoms with Gasteiger partial charge in [-0.2, -0.15) is 0 Å². The largest absolute Gasteiger partial charge is 0.333 e. The first-order valence-corrected chi connectivity index (χ1v) is 6.53. The number of para-hydroxylation sites is 1. The Balaban J connectivity index is 1.94. The van der Waals surface area contributed by atoms with Crippen LogP contribution in [0.25, 0.3) is 0 Å². The fourth-order valence-corrected chi connectivity index (χ4v) is 1.86. The van der Waals surface area contributed by atoms with Gasteiger partial charge in [-0.25, -0.2) is 24.6 Å². The molecule has 108 valence electrons. The molecule has 22 heavy (non-hydrogen) atoms. The maximum Gasteiger partial charge on any atom is 0.333 e. The van der Waals surface area contributed by atoms with Gasteiger partial charge in [0.15, 0.2) is 0 Å². The van der Waals surface area contributed by atoms with Crippen molar-refractivity contribution in [1.29, 1.82) is 0 Å². The Labute approximate surface area is 126 Å². The van der Waals surface area contributed by atoms with Crippen LogP contribution in [0.2, 0.25) is 0 Å². The number of carbonyl (C=O) groups is 1. The minimum absolute atomic E-state index is 0.243. The number of anilines is 3. The minimum atomic E-state index is -0.372. The topological polar surface area (TPSA) is 83.9 Å². The molecule has 0 unspecified atom stereocenters. The molecule has 3 aromatic rings. The van der Waals surface area contributed by atoms with E-state index in [2.05, 4.69) is 25.3 Å². The molecule has 7 heteroatoms. The number of hydrogen-bond donors (Lipinski definition) is 1. The lowest BCUT2D eigenvalue weighted by atomic mass is 10.3. The van der Waals surface area contributed by atoms with Crippen molar-refractivity contribution in [3.63, 3.8) is 0 Å². The summed E-state index contributed by atoms with van der Waals surface area (Å²) >= 11 is 0. The molecule has 3 rings (SSSR count). The summed E-state index contributed by atoms with van der Waals surface area (Å²) in [4.78, 5) is 29.8. The van der Waals surface area contributed by atoms with Gasteiger partial charge < -0.3 is 5.32 Å². The highest BCUT2D eigenvalue weighted by molar-refractivity contribution is 6.05. The Kier molecular flexibility index (Phi) is 3.96. The third-order valence-corrected chi connectivity index (χ3v) is 2.83. The number of amides is 2. The van der Waals surface area contributed by atoms with Gasteiger partial charge in [-0.05, 0) is 24.3 Å². The van der Waals surface area contributed by atoms with E-state index in [-0.39, 0.29) is 12.0 Å². The van der Waals surface area contributed by atoms with Crippen LogP contribution in [0.5, 0.6) is 0 Å². The van der Waals surface area contributed by atoms with Gasteiger partial charge in [0.1, 0.15) is 12.7 Å². The fraction of sp³-hybridized carbons (Fsp3) is 0. The second kappa shape index (κ2) is 6.40. The lowest BCUT2D eigenvalue weighted by molar-refractivity contribution is 0.258. The second-order valence-electron chi connectivity index (χ2n) is 4.28. The molecule has 0 aliphatic rings. The van der Waals surface area contributed by atoms with E-state index in [1.165, 1.54) is 17.6 Å². The Hall–Kier alpha value is -3.35. The van der Waals surface area contributed by atoms with Crippen LogP contribution in [0.15, 0.2) is 67.5 Å². The summed E-state index contributed by atoms with van der Waals surface area (Å²) in [5.41, 5.74) is 1.29. The number of carbonyl (C=O) groups excluding carboxylic acids is 1. The van der Waals surface area contributed by atoms with Gasteiger partial charge in [-0.1, -0.05) is 18.2 Å². The van der Waals surface area contributed by atoms with Crippen molar-refractivity contribution >= 4 is 23.4 Å². The number of rotatable bonds is 3. The SMILES string of the molecule is O=C(Nc1ccncc1)N(c1ccccc1)c1ncncn1. The van der Waals surface area contributed by atoms with Crippen molar-refractivity contribution < 1.29 is 4.79 Å². The highest BCUT2D eigenvalue weighted by atomic mass is 16.2. The molecule has 2 heterocycles. The molecule has 2 amide bonds. The number of nitrogens with zero attached hydrogens (tertiary/aromatic N) is 5. The van der Waals surface area contributed by atoms with E-state index < -0.39 is 0 Å². The number of aromatic nitrogens is 4. The van der Waals surface area contributed by atoms with Gasteiger partial charge in [0.2, 0.25) is 5.95 Å². The van der Waals surface area contributed by atoms with Crippen molar-refractivity contribution in [3.8, 4) is 0 Å². The predicted octanol–water partition coefficient (Wildman–Crippen LogP) is 2.64. The first kappa shape index (κ1) is 13.6. The molecule has 1 aromatic carbocycles. The van der Waals surface area contributed by atoms with Gasteiger partial charge in [0.25, 0.3) is 0 Å². The summed E-state index contributed by atoms with van der Waals surface area (Å²) in [6, 6.07) is 12.2. The number of hydrogen-bond acceptors (Lipinski definition) is 5. The van der Waals surface area contributed by atoms with Gasteiger partial charge in [0.05, 0.1) is 5.69 Å². The lowest BCUT2D eigenvalue weighted by Crippen LogP contribution is -2.32. The standard InChI is InChI=1S/C15H12N6O/c22-15(20-12-6-8-16-9-7-12)21(13-4-2-1-3-5-13)14-18-10-17-11-19-14/h1-11H,(H,16,20,22). The number of benzene rings is 1. The minimum Gasteiger partial charge on any atom is -0.307 e. The van der Waals surface area contributed by atoms with Crippen molar-refractivity contribution in [2.75, 3.05) is 10.2 Å². The van der Waals surface area contributed by atoms with Crippen LogP contribution in [0.4, 0.5) is 22.1 Å². The Morgan fingerprint density at radius 1 is 0.909 bits per heavy atom. The Bertz CT molecular complexity index is 696. The molecule has 7 nitrogen and oxygen atoms in total. The van der Waals surface area contributed by atoms with Crippen LogP contribution >= 0.6 is 0 Å². The zero-order valence-corrected chi connectivity index (χ0v) is 11.5. The molecular weight excluding hydrogens is 280 g/mol. The normalized spacial score (nSPS) is 10.0. The van der Waals surface area contributed by atoms with Crippen molar-refractivity contribution in [1.82, 2.24) is 19.9 Å². The van der Waals surface area contributed by atoms with Crippen molar-refractivity contribution in [2.45, 2.75) is 0 Å². The average Bonchev–Trinajstić information content (AvgIpc) is 2.58. The maximum atomic E-state index is 12.6. The summed E-state index contributed by atoms with van der Waals surface area (Å²) < 4.78 is 0. The zero-order chi connectivity index (χ0) is 15.2. The van der Waals surface area contributed by atoms with Crippen LogP contribution in [-0.2, 0) is 0 Å². The molecule has 0 saturated carbocycles. The highest BCUT2D eigenvalue weighted by Crippen LogP contribution is 2.22. The summed E-state index contributed by atoms with van der Waals surface area (Å²) in [5.74, 6) is 0.243. The molecule has 0 aliphatic heterocycles. The highest BCUT2D eigenvalue weighted by Gasteiger charge is 2.20. The van der Waals surface area contributed by atoms with Crippen molar-refractivity contribution in [2.24, 2.45) is 0 Å². The summed E-state index contributed by atoms with van der Waals surface area (Å²) in [6.07, 6.45) is 5.90. The smallest absolute Gasteiger partial charge is 0.307 e. The predicted molar refractivity (Wildman–Crippen MR) is 81.7 cm³/mol. The van der Waals surface area contributed by atoms with E-state index in [0.717, 1.165) is 0 Å². The molecule has 1 N–H and O–H groups in total. The van der Waals surface area contributed by atoms with Crippen molar-refractivity contribution in [3.05, 3.63) is 67.5 Å². The quantitative estimate of drug-likeness (QED) is 0.802. The number of pyridine rings is 1. The van der Waals surface area contributed by atoms with E-state index >= 15 is 0 Å². The first-order valence-electron chi connectivity index (χ1n) is 6.53. The van der Waals surface area contributed by atoms with Gasteiger partial charge in [0, 0.05) is 18.1 Å². The average molecular weight is 292 g/mol. The first-order chi connectivity index (χ1) is 10.8. The van der Waals surface area contributed by atoms with Crippen LogP contribution in [0.3, 0.4) is 0 Å². The van der Waals surface area contributed by atoms with Crippen LogP contribution < -0.4 is 10.2 Å². The molecule has 2 aromatic heterocycles. The van der Waals surface area contributed by atoms with E-state index in [1.54, 1.807) is 36.7 Å². The maximum absolute atomic E-state index is 12.6. The molecule has 0 saturated heterocycles. The van der Waals surface area contributed by atoms with E-state index in [9.17, 15) is 4.79 Å². The number of urea groups is 1. The van der Waals surface area contributed by atoms with Crippen LogP contribution in [0.1, 0.15) is 0 Å². The van der Waals surface area contributed by atoms with E-state index in [4.69, 9.17) is 0 Å². The molecule has 0 bridgehead atoms. The Morgan fingerprint density at radius 3 is 2.27 bits per heavy atom.